The minimum absolute atomic E-state index is 0.0664. The second-order valence-electron chi connectivity index (χ2n) is 11.2. The van der Waals surface area contributed by atoms with Crippen molar-refractivity contribution in [3.05, 3.63) is 47.2 Å². The zero-order chi connectivity index (χ0) is 29.0. The van der Waals surface area contributed by atoms with Gasteiger partial charge in [0.05, 0.1) is 12.1 Å². The quantitative estimate of drug-likeness (QED) is 0.189. The van der Waals surface area contributed by atoms with Gasteiger partial charge in [0, 0.05) is 51.4 Å². The molecule has 212 valence electrons. The number of quaternary nitrogens is 1. The Morgan fingerprint density at radius 2 is 1.77 bits per heavy atom. The highest BCUT2D eigenvalue weighted by molar-refractivity contribution is 8.26. The molecule has 4 aliphatic rings. The average molecular weight is 573 g/mol. The summed E-state index contributed by atoms with van der Waals surface area (Å²) in [5.74, 6) is -3.91. The highest BCUT2D eigenvalue weighted by Gasteiger charge is 2.70. The van der Waals surface area contributed by atoms with Gasteiger partial charge in [-0.3, -0.25) is 39.4 Å². The van der Waals surface area contributed by atoms with Crippen LogP contribution >= 0.6 is 11.8 Å². The van der Waals surface area contributed by atoms with Crippen LogP contribution < -0.4 is 0 Å². The predicted molar refractivity (Wildman–Crippen MR) is 144 cm³/mol. The third-order valence-electron chi connectivity index (χ3n) is 9.13. The van der Waals surface area contributed by atoms with Crippen molar-refractivity contribution in [2.45, 2.75) is 56.7 Å². The van der Waals surface area contributed by atoms with E-state index in [4.69, 9.17) is 10.8 Å². The minimum atomic E-state index is -1.27. The molecular formula is C28H32F2N5O4S+. The fourth-order valence-corrected chi connectivity index (χ4v) is 7.60. The molecule has 3 heterocycles. The van der Waals surface area contributed by atoms with Crippen molar-refractivity contribution in [3.8, 4) is 0 Å². The molecule has 0 radical (unpaired) electrons. The normalized spacial score (nSPS) is 30.1. The lowest BCUT2D eigenvalue weighted by molar-refractivity contribution is -0.921. The smallest absolute Gasteiger partial charge is 0.294 e. The molecule has 1 saturated carbocycles. The molecular weight excluding hydrogens is 540 g/mol. The van der Waals surface area contributed by atoms with Crippen LogP contribution in [0.5, 0.6) is 0 Å². The van der Waals surface area contributed by atoms with E-state index in [9.17, 15) is 28.0 Å². The number of ketones is 2. The number of carbonyl (C=O) groups is 4. The zero-order valence-electron chi connectivity index (χ0n) is 22.5. The van der Waals surface area contributed by atoms with Gasteiger partial charge in [0.2, 0.25) is 17.7 Å². The van der Waals surface area contributed by atoms with Crippen molar-refractivity contribution in [2.75, 3.05) is 27.2 Å². The Morgan fingerprint density at radius 1 is 1.12 bits per heavy atom. The standard InChI is InChI=1S/C28H32F2N5O4S/c1-33-27(39)22-24(37)23(36)19(25(32)40-21(31)13-17-5-6-18(29)14-20(17)30)15-35(22,2)28(33)9-7-16(8-10-28)26(38)34-11-3-4-12-34/h5-6,14-16,22,31-32H,3-4,7-13H2,1-2H3/q+1. The number of thioether (sulfide) groups is 1. The molecule has 3 fully saturated rings. The van der Waals surface area contributed by atoms with Crippen LogP contribution in [-0.4, -0.2) is 86.6 Å². The number of Topliss-reactive ketones (excluding diaryl/α,β-unsaturated/α-hetero) is 2. The first-order valence-electron chi connectivity index (χ1n) is 13.4. The number of benzene rings is 1. The maximum absolute atomic E-state index is 14.1. The van der Waals surface area contributed by atoms with Crippen LogP contribution in [0.3, 0.4) is 0 Å². The van der Waals surface area contributed by atoms with E-state index < -0.39 is 40.8 Å². The highest BCUT2D eigenvalue weighted by Crippen LogP contribution is 2.51. The first-order chi connectivity index (χ1) is 18.9. The molecule has 5 rings (SSSR count). The zero-order valence-corrected chi connectivity index (χ0v) is 23.3. The number of fused-ring (bicyclic) bond motifs is 2. The molecule has 2 N–H and O–H groups in total. The van der Waals surface area contributed by atoms with Gasteiger partial charge in [-0.05, 0) is 37.3 Å². The molecule has 1 aromatic rings. The Balaban J connectivity index is 1.39. The van der Waals surface area contributed by atoms with Gasteiger partial charge in [0.25, 0.3) is 11.7 Å². The van der Waals surface area contributed by atoms with Crippen LogP contribution in [0.25, 0.3) is 0 Å². The summed E-state index contributed by atoms with van der Waals surface area (Å²) < 4.78 is 27.1. The van der Waals surface area contributed by atoms with Crippen LogP contribution in [0.1, 0.15) is 44.1 Å². The maximum atomic E-state index is 14.1. The van der Waals surface area contributed by atoms with Crippen molar-refractivity contribution >= 4 is 45.2 Å². The second kappa shape index (κ2) is 10.3. The Hall–Kier alpha value is -3.25. The van der Waals surface area contributed by atoms with Gasteiger partial charge in [0.15, 0.2) is 5.66 Å². The summed E-state index contributed by atoms with van der Waals surface area (Å²) >= 11 is 0.614. The number of carbonyl (C=O) groups excluding carboxylic acids is 4. The van der Waals surface area contributed by atoms with E-state index in [1.165, 1.54) is 12.3 Å². The molecule has 2 unspecified atom stereocenters. The Labute approximate surface area is 235 Å². The maximum Gasteiger partial charge on any atom is 0.294 e. The number of rotatable bonds is 4. The molecule has 3 aliphatic heterocycles. The molecule has 0 aromatic heterocycles. The molecule has 12 heteroatoms. The topological polar surface area (TPSA) is 122 Å². The predicted octanol–water partition coefficient (Wildman–Crippen LogP) is 3.03. The molecule has 0 bridgehead atoms. The molecule has 1 aromatic carbocycles. The summed E-state index contributed by atoms with van der Waals surface area (Å²) in [6.45, 7) is 1.53. The molecule has 9 nitrogen and oxygen atoms in total. The molecule has 2 atom stereocenters. The largest absolute Gasteiger partial charge is 0.342 e. The van der Waals surface area contributed by atoms with Crippen molar-refractivity contribution in [3.63, 3.8) is 0 Å². The van der Waals surface area contributed by atoms with Gasteiger partial charge in [-0.1, -0.05) is 17.8 Å². The summed E-state index contributed by atoms with van der Waals surface area (Å²) in [5.41, 5.74) is -0.992. The third kappa shape index (κ3) is 4.41. The van der Waals surface area contributed by atoms with Crippen molar-refractivity contribution in [1.82, 2.24) is 9.80 Å². The highest BCUT2D eigenvalue weighted by atomic mass is 32.2. The third-order valence-corrected chi connectivity index (χ3v) is 9.94. The number of hydrogen-bond donors (Lipinski definition) is 2. The number of likely N-dealkylation sites (N-methyl/N-ethyl adjacent to an activating group) is 2. The van der Waals surface area contributed by atoms with Crippen molar-refractivity contribution in [1.29, 1.82) is 10.8 Å². The van der Waals surface area contributed by atoms with E-state index in [1.807, 2.05) is 4.90 Å². The Bertz CT molecular complexity index is 1370. The number of hydrogen-bond acceptors (Lipinski definition) is 7. The second-order valence-corrected chi connectivity index (χ2v) is 12.3. The number of nitrogens with zero attached hydrogens (tertiary/aromatic N) is 3. The fraction of sp³-hybridized carbons (Fsp3) is 0.500. The van der Waals surface area contributed by atoms with Crippen molar-refractivity contribution < 1.29 is 32.4 Å². The molecule has 40 heavy (non-hydrogen) atoms. The molecule has 1 spiro atoms. The van der Waals surface area contributed by atoms with E-state index in [0.29, 0.717) is 43.5 Å². The Kier molecular flexibility index (Phi) is 7.28. The molecule has 2 saturated heterocycles. The van der Waals surface area contributed by atoms with Gasteiger partial charge in [-0.25, -0.2) is 8.78 Å². The van der Waals surface area contributed by atoms with Gasteiger partial charge < -0.3 is 4.90 Å². The van der Waals surface area contributed by atoms with Gasteiger partial charge in [-0.15, -0.1) is 0 Å². The lowest BCUT2D eigenvalue weighted by atomic mass is 9.78. The summed E-state index contributed by atoms with van der Waals surface area (Å²) in [5, 5.41) is 16.3. The van der Waals surface area contributed by atoms with Gasteiger partial charge in [0.1, 0.15) is 28.5 Å². The van der Waals surface area contributed by atoms with Crippen LogP contribution in [0.2, 0.25) is 0 Å². The van der Waals surface area contributed by atoms with Crippen LogP contribution in [0.15, 0.2) is 30.0 Å². The van der Waals surface area contributed by atoms with E-state index >= 15 is 0 Å². The van der Waals surface area contributed by atoms with Crippen LogP contribution in [0, 0.1) is 28.4 Å². The van der Waals surface area contributed by atoms with Gasteiger partial charge in [-0.2, -0.15) is 0 Å². The number of amides is 2. The Morgan fingerprint density at radius 3 is 2.40 bits per heavy atom. The molecule has 1 aliphatic carbocycles. The minimum Gasteiger partial charge on any atom is -0.342 e. The SMILES string of the molecule is CN1C(=O)C2C(=O)C(=O)C(C(=N)SC(=N)Cc3ccc(F)cc3F)=C[N+]2(C)C12CCC(C(=O)N1CCCC1)CC2. The lowest BCUT2D eigenvalue weighted by Gasteiger charge is -2.50. The molecule has 2 amide bonds. The lowest BCUT2D eigenvalue weighted by Crippen LogP contribution is -2.67. The average Bonchev–Trinajstić information content (AvgIpc) is 3.50. The van der Waals surface area contributed by atoms with E-state index in [1.54, 1.807) is 19.0 Å². The number of likely N-dealkylation sites (tertiary alicyclic amines) is 1. The summed E-state index contributed by atoms with van der Waals surface area (Å²) in [6, 6.07) is 1.74. The number of halogens is 2. The van der Waals surface area contributed by atoms with E-state index in [0.717, 1.165) is 32.0 Å². The first-order valence-corrected chi connectivity index (χ1v) is 14.2. The van der Waals surface area contributed by atoms with Crippen LogP contribution in [0.4, 0.5) is 8.78 Å². The van der Waals surface area contributed by atoms with Gasteiger partial charge >= 0.3 is 0 Å². The summed E-state index contributed by atoms with van der Waals surface area (Å²) in [7, 11) is 3.35. The fourth-order valence-electron chi connectivity index (χ4n) is 6.87. The van der Waals surface area contributed by atoms with Crippen molar-refractivity contribution in [2.24, 2.45) is 5.92 Å². The van der Waals surface area contributed by atoms with E-state index in [-0.39, 0.29) is 44.0 Å². The summed E-state index contributed by atoms with van der Waals surface area (Å²) in [4.78, 5) is 56.4. The first kappa shape index (κ1) is 28.3. The van der Waals surface area contributed by atoms with E-state index in [2.05, 4.69) is 0 Å². The number of nitrogens with one attached hydrogen (secondary N) is 2. The monoisotopic (exact) mass is 572 g/mol. The summed E-state index contributed by atoms with van der Waals surface area (Å²) in [6.07, 6.45) is 5.27. The van der Waals surface area contributed by atoms with Crippen LogP contribution in [-0.2, 0) is 25.6 Å².